The Hall–Kier alpha value is -1.16. The quantitative estimate of drug-likeness (QED) is 0.767. The van der Waals surface area contributed by atoms with Crippen LogP contribution in [0.4, 0.5) is 0 Å². The van der Waals surface area contributed by atoms with E-state index in [0.717, 1.165) is 13.1 Å². The largest absolute Gasteiger partial charge is 0.296 e. The summed E-state index contributed by atoms with van der Waals surface area (Å²) in [5.74, 6) is 0. The lowest BCUT2D eigenvalue weighted by Crippen LogP contribution is -2.40. The van der Waals surface area contributed by atoms with E-state index in [4.69, 9.17) is 0 Å². The van der Waals surface area contributed by atoms with Crippen LogP contribution in [0.2, 0.25) is 0 Å². The van der Waals surface area contributed by atoms with Crippen molar-refractivity contribution in [1.29, 1.82) is 0 Å². The predicted molar refractivity (Wildman–Crippen MR) is 63.4 cm³/mol. The van der Waals surface area contributed by atoms with Gasteiger partial charge < -0.3 is 0 Å². The van der Waals surface area contributed by atoms with Crippen LogP contribution in [0.3, 0.4) is 0 Å². The lowest BCUT2D eigenvalue weighted by atomic mass is 10.2. The molecule has 1 aliphatic rings. The van der Waals surface area contributed by atoms with E-state index >= 15 is 0 Å². The number of aromatic nitrogens is 2. The third kappa shape index (κ3) is 2.32. The normalized spacial score (nSPS) is 21.8. The average molecular weight is 221 g/mol. The second kappa shape index (κ2) is 4.78. The molecule has 1 fully saturated rings. The summed E-state index contributed by atoms with van der Waals surface area (Å²) in [5.41, 5.74) is -0.00175. The molecule has 0 saturated carbocycles. The van der Waals surface area contributed by atoms with E-state index in [1.165, 1.54) is 12.8 Å². The third-order valence-corrected chi connectivity index (χ3v) is 3.25. The summed E-state index contributed by atoms with van der Waals surface area (Å²) >= 11 is 0. The maximum absolute atomic E-state index is 11.6. The highest BCUT2D eigenvalue weighted by Gasteiger charge is 2.26. The first-order chi connectivity index (χ1) is 7.68. The Kier molecular flexibility index (Phi) is 3.39. The minimum Gasteiger partial charge on any atom is -0.296 e. The first kappa shape index (κ1) is 11.3. The van der Waals surface area contributed by atoms with Gasteiger partial charge in [0.15, 0.2) is 0 Å². The summed E-state index contributed by atoms with van der Waals surface area (Å²) < 4.78 is 1.57. The molecule has 0 amide bonds. The number of likely N-dealkylation sites (tertiary alicyclic amines) is 1. The number of hydrogen-bond acceptors (Lipinski definition) is 3. The van der Waals surface area contributed by atoms with Crippen LogP contribution in [-0.4, -0.2) is 33.3 Å². The molecule has 0 N–H and O–H groups in total. The van der Waals surface area contributed by atoms with Gasteiger partial charge in [-0.3, -0.25) is 9.69 Å². The smallest absolute Gasteiger partial charge is 0.266 e. The molecule has 0 bridgehead atoms. The SMILES string of the molecule is CC(C)N1CCCC1Cn1ncccc1=O. The Balaban J connectivity index is 2.10. The van der Waals surface area contributed by atoms with Gasteiger partial charge in [0.05, 0.1) is 6.54 Å². The van der Waals surface area contributed by atoms with Crippen LogP contribution in [0.1, 0.15) is 26.7 Å². The van der Waals surface area contributed by atoms with E-state index in [1.54, 1.807) is 23.0 Å². The minimum atomic E-state index is -0.00175. The van der Waals surface area contributed by atoms with E-state index < -0.39 is 0 Å². The predicted octanol–water partition coefficient (Wildman–Crippen LogP) is 1.12. The van der Waals surface area contributed by atoms with Crippen molar-refractivity contribution < 1.29 is 0 Å². The molecule has 1 unspecified atom stereocenters. The van der Waals surface area contributed by atoms with Crippen LogP contribution in [0.25, 0.3) is 0 Å². The van der Waals surface area contributed by atoms with Crippen molar-refractivity contribution in [3.8, 4) is 0 Å². The standard InChI is InChI=1S/C12H19N3O/c1-10(2)14-8-4-5-11(14)9-15-12(16)6-3-7-13-15/h3,6-7,10-11H,4-5,8-9H2,1-2H3. The van der Waals surface area contributed by atoms with Crippen molar-refractivity contribution in [3.63, 3.8) is 0 Å². The Morgan fingerprint density at radius 3 is 3.06 bits per heavy atom. The molecule has 0 aliphatic carbocycles. The summed E-state index contributed by atoms with van der Waals surface area (Å²) in [6.07, 6.45) is 4.07. The minimum absolute atomic E-state index is 0.00175. The van der Waals surface area contributed by atoms with Crippen molar-refractivity contribution in [3.05, 3.63) is 28.7 Å². The topological polar surface area (TPSA) is 38.1 Å². The molecule has 0 aromatic carbocycles. The van der Waals surface area contributed by atoms with Crippen molar-refractivity contribution in [2.24, 2.45) is 0 Å². The fourth-order valence-corrected chi connectivity index (χ4v) is 2.46. The van der Waals surface area contributed by atoms with E-state index in [0.29, 0.717) is 12.1 Å². The van der Waals surface area contributed by atoms with Crippen molar-refractivity contribution >= 4 is 0 Å². The summed E-state index contributed by atoms with van der Waals surface area (Å²) in [5, 5.41) is 4.11. The number of nitrogens with zero attached hydrogens (tertiary/aromatic N) is 3. The summed E-state index contributed by atoms with van der Waals surface area (Å²) in [6, 6.07) is 4.27. The Morgan fingerprint density at radius 2 is 2.38 bits per heavy atom. The maximum Gasteiger partial charge on any atom is 0.266 e. The fourth-order valence-electron chi connectivity index (χ4n) is 2.46. The first-order valence-corrected chi connectivity index (χ1v) is 5.96. The first-order valence-electron chi connectivity index (χ1n) is 5.96. The van der Waals surface area contributed by atoms with Crippen LogP contribution >= 0.6 is 0 Å². The molecule has 2 heterocycles. The van der Waals surface area contributed by atoms with Crippen LogP contribution in [-0.2, 0) is 6.54 Å². The summed E-state index contributed by atoms with van der Waals surface area (Å²) in [7, 11) is 0. The molecule has 1 aromatic heterocycles. The second-order valence-corrected chi connectivity index (χ2v) is 4.67. The van der Waals surface area contributed by atoms with Gasteiger partial charge >= 0.3 is 0 Å². The van der Waals surface area contributed by atoms with Gasteiger partial charge in [0.1, 0.15) is 0 Å². The van der Waals surface area contributed by atoms with E-state index in [2.05, 4.69) is 23.8 Å². The molecule has 1 saturated heterocycles. The van der Waals surface area contributed by atoms with Crippen LogP contribution in [0, 0.1) is 0 Å². The average Bonchev–Trinajstić information content (AvgIpc) is 2.69. The summed E-state index contributed by atoms with van der Waals surface area (Å²) in [6.45, 7) is 6.28. The van der Waals surface area contributed by atoms with Gasteiger partial charge in [-0.05, 0) is 39.3 Å². The van der Waals surface area contributed by atoms with Crippen LogP contribution in [0.15, 0.2) is 23.1 Å². The molecule has 0 spiro atoms. The highest BCUT2D eigenvalue weighted by molar-refractivity contribution is 4.87. The number of hydrogen-bond donors (Lipinski definition) is 0. The van der Waals surface area contributed by atoms with Crippen LogP contribution in [0.5, 0.6) is 0 Å². The lowest BCUT2D eigenvalue weighted by Gasteiger charge is -2.28. The molecule has 4 nitrogen and oxygen atoms in total. The molecule has 1 aromatic rings. The van der Waals surface area contributed by atoms with Crippen molar-refractivity contribution in [2.45, 2.75) is 45.3 Å². The van der Waals surface area contributed by atoms with Gasteiger partial charge in [-0.25, -0.2) is 4.68 Å². The highest BCUT2D eigenvalue weighted by Crippen LogP contribution is 2.20. The van der Waals surface area contributed by atoms with E-state index in [1.807, 2.05) is 0 Å². The second-order valence-electron chi connectivity index (χ2n) is 4.67. The Bertz CT molecular complexity index is 399. The molecule has 2 rings (SSSR count). The van der Waals surface area contributed by atoms with E-state index in [9.17, 15) is 4.79 Å². The Labute approximate surface area is 95.9 Å². The molecular formula is C12H19N3O. The molecule has 88 valence electrons. The molecule has 1 atom stereocenters. The van der Waals surface area contributed by atoms with Gasteiger partial charge in [0.25, 0.3) is 5.56 Å². The van der Waals surface area contributed by atoms with Gasteiger partial charge in [-0.1, -0.05) is 0 Å². The van der Waals surface area contributed by atoms with E-state index in [-0.39, 0.29) is 5.56 Å². The zero-order valence-electron chi connectivity index (χ0n) is 9.97. The third-order valence-electron chi connectivity index (χ3n) is 3.25. The molecule has 16 heavy (non-hydrogen) atoms. The van der Waals surface area contributed by atoms with Gasteiger partial charge in [-0.15, -0.1) is 0 Å². The molecule has 0 radical (unpaired) electrons. The lowest BCUT2D eigenvalue weighted by molar-refractivity contribution is 0.181. The summed E-state index contributed by atoms with van der Waals surface area (Å²) in [4.78, 5) is 14.0. The van der Waals surface area contributed by atoms with Crippen molar-refractivity contribution in [2.75, 3.05) is 6.54 Å². The van der Waals surface area contributed by atoms with Crippen LogP contribution < -0.4 is 5.56 Å². The maximum atomic E-state index is 11.6. The fraction of sp³-hybridized carbons (Fsp3) is 0.667. The molecule has 4 heteroatoms. The monoisotopic (exact) mass is 221 g/mol. The molecular weight excluding hydrogens is 202 g/mol. The molecule has 1 aliphatic heterocycles. The van der Waals surface area contributed by atoms with Gasteiger partial charge in [0.2, 0.25) is 0 Å². The zero-order chi connectivity index (χ0) is 11.5. The van der Waals surface area contributed by atoms with Gasteiger partial charge in [0, 0.05) is 24.3 Å². The highest BCUT2D eigenvalue weighted by atomic mass is 16.1. The zero-order valence-corrected chi connectivity index (χ0v) is 9.97. The van der Waals surface area contributed by atoms with Crippen molar-refractivity contribution in [1.82, 2.24) is 14.7 Å². The number of rotatable bonds is 3. The Morgan fingerprint density at radius 1 is 1.56 bits per heavy atom. The van der Waals surface area contributed by atoms with Gasteiger partial charge in [-0.2, -0.15) is 5.10 Å².